The molecule has 7 nitrogen and oxygen atoms in total. The molecular weight excluding hydrogens is 477 g/mol. The van der Waals surface area contributed by atoms with Gasteiger partial charge in [0.15, 0.2) is 5.13 Å². The third-order valence-electron chi connectivity index (χ3n) is 7.78. The van der Waals surface area contributed by atoms with E-state index in [1.54, 1.807) is 6.92 Å². The number of aryl methyl sites for hydroxylation is 1. The lowest BCUT2D eigenvalue weighted by molar-refractivity contribution is -0.130. The highest BCUT2D eigenvalue weighted by Crippen LogP contribution is 2.35. The number of urea groups is 1. The Morgan fingerprint density at radius 3 is 2.56 bits per heavy atom. The van der Waals surface area contributed by atoms with E-state index in [2.05, 4.69) is 20.5 Å². The van der Waals surface area contributed by atoms with Crippen LogP contribution in [0.3, 0.4) is 0 Å². The minimum Gasteiger partial charge on any atom is -0.343 e. The van der Waals surface area contributed by atoms with Crippen molar-refractivity contribution < 1.29 is 14.0 Å². The molecule has 1 unspecified atom stereocenters. The van der Waals surface area contributed by atoms with E-state index in [-0.39, 0.29) is 41.8 Å². The van der Waals surface area contributed by atoms with Crippen molar-refractivity contribution in [2.24, 2.45) is 5.92 Å². The van der Waals surface area contributed by atoms with Gasteiger partial charge in [0, 0.05) is 37.5 Å². The van der Waals surface area contributed by atoms with Gasteiger partial charge in [-0.2, -0.15) is 0 Å². The maximum atomic E-state index is 13.6. The third-order valence-corrected chi connectivity index (χ3v) is 8.66. The van der Waals surface area contributed by atoms with Crippen molar-refractivity contribution in [2.75, 3.05) is 25.5 Å². The summed E-state index contributed by atoms with van der Waals surface area (Å²) in [6.45, 7) is 5.56. The average molecular weight is 516 g/mol. The number of hydrogen-bond acceptors (Lipinski definition) is 5. The highest BCUT2D eigenvalue weighted by molar-refractivity contribution is 7.13. The van der Waals surface area contributed by atoms with E-state index < -0.39 is 0 Å². The zero-order chi connectivity index (χ0) is 25.7. The van der Waals surface area contributed by atoms with Crippen molar-refractivity contribution in [2.45, 2.75) is 76.9 Å². The van der Waals surface area contributed by atoms with Gasteiger partial charge in [0.1, 0.15) is 5.82 Å². The molecule has 2 heterocycles. The summed E-state index contributed by atoms with van der Waals surface area (Å²) in [5, 5.41) is 8.65. The van der Waals surface area contributed by atoms with Gasteiger partial charge in [-0.15, -0.1) is 11.3 Å². The van der Waals surface area contributed by atoms with Crippen LogP contribution in [0.5, 0.6) is 0 Å². The topological polar surface area (TPSA) is 77.6 Å². The molecule has 196 valence electrons. The summed E-state index contributed by atoms with van der Waals surface area (Å²) in [4.78, 5) is 33.9. The van der Waals surface area contributed by atoms with Crippen LogP contribution in [0.2, 0.25) is 0 Å². The largest absolute Gasteiger partial charge is 0.343 e. The summed E-state index contributed by atoms with van der Waals surface area (Å²) in [5.74, 6) is -0.0182. The van der Waals surface area contributed by atoms with Gasteiger partial charge in [-0.05, 0) is 82.2 Å². The van der Waals surface area contributed by atoms with E-state index >= 15 is 0 Å². The zero-order valence-electron chi connectivity index (χ0n) is 21.5. The number of nitrogens with zero attached hydrogens (tertiary/aromatic N) is 3. The maximum absolute atomic E-state index is 13.6. The molecule has 1 aromatic heterocycles. The number of carbonyl (C=O) groups is 2. The van der Waals surface area contributed by atoms with Gasteiger partial charge < -0.3 is 10.2 Å². The Morgan fingerprint density at radius 1 is 1.19 bits per heavy atom. The average Bonchev–Trinajstić information content (AvgIpc) is 3.28. The Hall–Kier alpha value is -2.52. The van der Waals surface area contributed by atoms with E-state index in [0.29, 0.717) is 5.13 Å². The normalized spacial score (nSPS) is 23.6. The molecule has 1 aliphatic carbocycles. The number of anilines is 1. The first kappa shape index (κ1) is 26.5. The van der Waals surface area contributed by atoms with Crippen molar-refractivity contribution in [3.05, 3.63) is 46.7 Å². The SMILES string of the molecule is CC(=O)N(C)C1CC[C@@H](NC(=O)Nc2nc(C)cs2)[C@@H]([C@@H](Cc2ccc(F)cc2)N2CCCCC2)C1. The van der Waals surface area contributed by atoms with Gasteiger partial charge >= 0.3 is 6.03 Å². The van der Waals surface area contributed by atoms with Crippen LogP contribution in [0.1, 0.15) is 56.7 Å². The number of carbonyl (C=O) groups excluding carboxylic acids is 2. The molecule has 1 saturated carbocycles. The number of thiazole rings is 1. The van der Waals surface area contributed by atoms with E-state index in [9.17, 15) is 14.0 Å². The molecule has 1 aliphatic heterocycles. The van der Waals surface area contributed by atoms with Gasteiger partial charge in [0.25, 0.3) is 0 Å². The quantitative estimate of drug-likeness (QED) is 0.554. The summed E-state index contributed by atoms with van der Waals surface area (Å²) < 4.78 is 13.6. The van der Waals surface area contributed by atoms with Crippen LogP contribution in [0.4, 0.5) is 14.3 Å². The molecule has 0 radical (unpaired) electrons. The highest BCUT2D eigenvalue weighted by atomic mass is 32.1. The molecule has 2 aliphatic rings. The van der Waals surface area contributed by atoms with Crippen LogP contribution >= 0.6 is 11.3 Å². The number of likely N-dealkylation sites (tertiary alicyclic amines) is 1. The second-order valence-corrected chi connectivity index (χ2v) is 11.1. The third kappa shape index (κ3) is 6.82. The molecule has 0 bridgehead atoms. The zero-order valence-corrected chi connectivity index (χ0v) is 22.3. The monoisotopic (exact) mass is 515 g/mol. The Bertz CT molecular complexity index is 1020. The summed E-state index contributed by atoms with van der Waals surface area (Å²) >= 11 is 1.41. The molecule has 1 aromatic carbocycles. The van der Waals surface area contributed by atoms with Crippen LogP contribution in [0, 0.1) is 18.7 Å². The van der Waals surface area contributed by atoms with E-state index in [0.717, 1.165) is 62.9 Å². The smallest absolute Gasteiger partial charge is 0.321 e. The summed E-state index contributed by atoms with van der Waals surface area (Å²) in [5.41, 5.74) is 1.97. The second kappa shape index (κ2) is 12.1. The lowest BCUT2D eigenvalue weighted by Gasteiger charge is -2.47. The number of piperidine rings is 1. The first-order valence-corrected chi connectivity index (χ1v) is 13.9. The number of aromatic nitrogens is 1. The van der Waals surface area contributed by atoms with Crippen molar-refractivity contribution in [1.82, 2.24) is 20.1 Å². The Kier molecular flexibility index (Phi) is 8.95. The van der Waals surface area contributed by atoms with Crippen molar-refractivity contribution in [3.63, 3.8) is 0 Å². The molecule has 4 rings (SSSR count). The standard InChI is InChI=1S/C27H38FN5O2S/c1-18-17-36-27(29-18)31-26(35)30-24-12-11-22(32(3)19(2)34)16-23(24)25(33-13-5-4-6-14-33)15-20-7-9-21(28)10-8-20/h7-10,17,22-25H,4-6,11-16H2,1-3H3,(H2,29,30,31,35)/t22?,23-,24+,25+/m0/s1. The van der Waals surface area contributed by atoms with Crippen LogP contribution < -0.4 is 10.6 Å². The number of benzene rings is 1. The second-order valence-electron chi connectivity index (χ2n) is 10.3. The number of rotatable bonds is 7. The summed E-state index contributed by atoms with van der Waals surface area (Å²) in [7, 11) is 1.88. The van der Waals surface area contributed by atoms with E-state index in [4.69, 9.17) is 0 Å². The minimum atomic E-state index is -0.239. The molecule has 36 heavy (non-hydrogen) atoms. The lowest BCUT2D eigenvalue weighted by Crippen LogP contribution is -2.57. The van der Waals surface area contributed by atoms with Gasteiger partial charge in [-0.3, -0.25) is 15.0 Å². The Labute approximate surface area is 217 Å². The number of halogens is 1. The van der Waals surface area contributed by atoms with Crippen LogP contribution in [-0.4, -0.2) is 65.0 Å². The predicted molar refractivity (Wildman–Crippen MR) is 142 cm³/mol. The fourth-order valence-corrected chi connectivity index (χ4v) is 6.46. The van der Waals surface area contributed by atoms with E-state index in [1.807, 2.05) is 36.4 Å². The fraction of sp³-hybridized carbons (Fsp3) is 0.593. The first-order chi connectivity index (χ1) is 17.3. The maximum Gasteiger partial charge on any atom is 0.321 e. The summed E-state index contributed by atoms with van der Waals surface area (Å²) in [6, 6.07) is 6.83. The number of amides is 3. The first-order valence-electron chi connectivity index (χ1n) is 13.0. The fourth-order valence-electron chi connectivity index (χ4n) is 5.77. The number of hydrogen-bond donors (Lipinski definition) is 2. The van der Waals surface area contributed by atoms with Gasteiger partial charge in [-0.25, -0.2) is 14.2 Å². The Morgan fingerprint density at radius 2 is 1.92 bits per heavy atom. The van der Waals surface area contributed by atoms with Gasteiger partial charge in [0.05, 0.1) is 5.69 Å². The summed E-state index contributed by atoms with van der Waals surface area (Å²) in [6.07, 6.45) is 6.79. The molecule has 2 aromatic rings. The van der Waals surface area contributed by atoms with Crippen LogP contribution in [0.15, 0.2) is 29.6 Å². The van der Waals surface area contributed by atoms with Crippen molar-refractivity contribution in [3.8, 4) is 0 Å². The van der Waals surface area contributed by atoms with Crippen LogP contribution in [-0.2, 0) is 11.2 Å². The van der Waals surface area contributed by atoms with E-state index in [1.165, 1.54) is 29.9 Å². The minimum absolute atomic E-state index is 0.0324. The molecule has 2 N–H and O–H groups in total. The Balaban J connectivity index is 1.58. The highest BCUT2D eigenvalue weighted by Gasteiger charge is 2.40. The molecule has 2 fully saturated rings. The molecule has 3 amide bonds. The molecule has 9 heteroatoms. The van der Waals surface area contributed by atoms with Gasteiger partial charge in [0.2, 0.25) is 5.91 Å². The molecular formula is C27H38FN5O2S. The van der Waals surface area contributed by atoms with Crippen LogP contribution in [0.25, 0.3) is 0 Å². The molecule has 0 spiro atoms. The lowest BCUT2D eigenvalue weighted by atomic mass is 9.74. The van der Waals surface area contributed by atoms with Crippen molar-refractivity contribution in [1.29, 1.82) is 0 Å². The van der Waals surface area contributed by atoms with Crippen molar-refractivity contribution >= 4 is 28.4 Å². The van der Waals surface area contributed by atoms with Gasteiger partial charge in [-0.1, -0.05) is 18.6 Å². The predicted octanol–water partition coefficient (Wildman–Crippen LogP) is 4.82. The number of nitrogens with one attached hydrogen (secondary N) is 2. The molecule has 4 atom stereocenters. The molecule has 1 saturated heterocycles.